The second-order valence-electron chi connectivity index (χ2n) is 5.57. The molecule has 3 heteroatoms. The van der Waals surface area contributed by atoms with Gasteiger partial charge in [-0.1, -0.05) is 19.1 Å². The molecule has 112 valence electrons. The molecule has 0 saturated carbocycles. The van der Waals surface area contributed by atoms with Crippen LogP contribution in [0.25, 0.3) is 0 Å². The van der Waals surface area contributed by atoms with Gasteiger partial charge in [-0.3, -0.25) is 0 Å². The van der Waals surface area contributed by atoms with Gasteiger partial charge in [-0.05, 0) is 50.4 Å². The SMILES string of the molecule is CCNCc1ccc(N(CC)CC2CCCO2)c(C)c1. The number of ether oxygens (including phenoxy) is 1. The van der Waals surface area contributed by atoms with E-state index in [0.717, 1.165) is 32.8 Å². The molecular weight excluding hydrogens is 248 g/mol. The minimum Gasteiger partial charge on any atom is -0.376 e. The third kappa shape index (κ3) is 3.97. The van der Waals surface area contributed by atoms with Crippen LogP contribution >= 0.6 is 0 Å². The zero-order valence-corrected chi connectivity index (χ0v) is 13.1. The van der Waals surface area contributed by atoms with Crippen LogP contribution in [-0.4, -0.2) is 32.3 Å². The van der Waals surface area contributed by atoms with Gasteiger partial charge < -0.3 is 15.0 Å². The lowest BCUT2D eigenvalue weighted by Gasteiger charge is -2.28. The highest BCUT2D eigenvalue weighted by Gasteiger charge is 2.19. The number of nitrogens with zero attached hydrogens (tertiary/aromatic N) is 1. The minimum absolute atomic E-state index is 0.413. The predicted octanol–water partition coefficient (Wildman–Crippen LogP) is 3.11. The van der Waals surface area contributed by atoms with Gasteiger partial charge in [0.25, 0.3) is 0 Å². The minimum atomic E-state index is 0.413. The first-order valence-corrected chi connectivity index (χ1v) is 7.91. The average molecular weight is 276 g/mol. The standard InChI is InChI=1S/C17H28N2O/c1-4-18-12-15-8-9-17(14(3)11-15)19(5-2)13-16-7-6-10-20-16/h8-9,11,16,18H,4-7,10,12-13H2,1-3H3. The average Bonchev–Trinajstić information content (AvgIpc) is 2.96. The number of nitrogens with one attached hydrogen (secondary N) is 1. The summed E-state index contributed by atoms with van der Waals surface area (Å²) < 4.78 is 5.77. The van der Waals surface area contributed by atoms with E-state index >= 15 is 0 Å². The highest BCUT2D eigenvalue weighted by molar-refractivity contribution is 5.54. The van der Waals surface area contributed by atoms with Crippen LogP contribution in [0.4, 0.5) is 5.69 Å². The molecule has 1 aliphatic rings. The van der Waals surface area contributed by atoms with Crippen LogP contribution in [0.2, 0.25) is 0 Å². The molecule has 3 nitrogen and oxygen atoms in total. The summed E-state index contributed by atoms with van der Waals surface area (Å²) in [5.74, 6) is 0. The van der Waals surface area contributed by atoms with Crippen molar-refractivity contribution < 1.29 is 4.74 Å². The third-order valence-electron chi connectivity index (χ3n) is 4.01. The summed E-state index contributed by atoms with van der Waals surface area (Å²) in [6.07, 6.45) is 2.83. The van der Waals surface area contributed by atoms with Crippen molar-refractivity contribution in [2.75, 3.05) is 31.1 Å². The molecule has 0 amide bonds. The van der Waals surface area contributed by atoms with Gasteiger partial charge in [0.2, 0.25) is 0 Å². The maximum absolute atomic E-state index is 5.77. The molecule has 1 aliphatic heterocycles. The summed E-state index contributed by atoms with van der Waals surface area (Å²) in [5, 5.41) is 3.38. The highest BCUT2D eigenvalue weighted by Crippen LogP contribution is 2.23. The van der Waals surface area contributed by atoms with Gasteiger partial charge in [-0.15, -0.1) is 0 Å². The monoisotopic (exact) mass is 276 g/mol. The fraction of sp³-hybridized carbons (Fsp3) is 0.647. The fourth-order valence-corrected chi connectivity index (χ4v) is 2.88. The van der Waals surface area contributed by atoms with Crippen LogP contribution in [0.15, 0.2) is 18.2 Å². The topological polar surface area (TPSA) is 24.5 Å². The molecule has 0 spiro atoms. The van der Waals surface area contributed by atoms with E-state index < -0.39 is 0 Å². The Morgan fingerprint density at radius 3 is 2.80 bits per heavy atom. The predicted molar refractivity (Wildman–Crippen MR) is 85.4 cm³/mol. The Morgan fingerprint density at radius 2 is 2.20 bits per heavy atom. The molecular formula is C17H28N2O. The normalized spacial score (nSPS) is 18.4. The highest BCUT2D eigenvalue weighted by atomic mass is 16.5. The van der Waals surface area contributed by atoms with Crippen molar-refractivity contribution in [2.45, 2.75) is 46.3 Å². The van der Waals surface area contributed by atoms with Gasteiger partial charge in [0.1, 0.15) is 0 Å². The van der Waals surface area contributed by atoms with Crippen molar-refractivity contribution in [2.24, 2.45) is 0 Å². The summed E-state index contributed by atoms with van der Waals surface area (Å²) >= 11 is 0. The van der Waals surface area contributed by atoms with Crippen LogP contribution in [0, 0.1) is 6.92 Å². The Kier molecular flexibility index (Phi) is 5.86. The number of hydrogen-bond donors (Lipinski definition) is 1. The number of likely N-dealkylation sites (N-methyl/N-ethyl adjacent to an activating group) is 1. The van der Waals surface area contributed by atoms with Gasteiger partial charge in [-0.25, -0.2) is 0 Å². The van der Waals surface area contributed by atoms with Crippen molar-refractivity contribution in [1.82, 2.24) is 5.32 Å². The van der Waals surface area contributed by atoms with E-state index in [9.17, 15) is 0 Å². The Morgan fingerprint density at radius 1 is 1.35 bits per heavy atom. The molecule has 1 atom stereocenters. The van der Waals surface area contributed by atoms with Gasteiger partial charge >= 0.3 is 0 Å². The van der Waals surface area contributed by atoms with E-state index in [1.807, 2.05) is 0 Å². The lowest BCUT2D eigenvalue weighted by Crippen LogP contribution is -2.32. The number of hydrogen-bond acceptors (Lipinski definition) is 3. The second kappa shape index (κ2) is 7.65. The van der Waals surface area contributed by atoms with Crippen LogP contribution in [0.1, 0.15) is 37.8 Å². The third-order valence-corrected chi connectivity index (χ3v) is 4.01. The van der Waals surface area contributed by atoms with Crippen LogP contribution in [0.3, 0.4) is 0 Å². The molecule has 1 aromatic carbocycles. The van der Waals surface area contributed by atoms with E-state index in [-0.39, 0.29) is 0 Å². The summed E-state index contributed by atoms with van der Waals surface area (Å²) in [6.45, 7) is 11.5. The van der Waals surface area contributed by atoms with Gasteiger partial charge in [0.15, 0.2) is 0 Å². The van der Waals surface area contributed by atoms with Gasteiger partial charge in [0.05, 0.1) is 6.10 Å². The summed E-state index contributed by atoms with van der Waals surface area (Å²) in [5.41, 5.74) is 4.07. The van der Waals surface area contributed by atoms with E-state index in [1.165, 1.54) is 29.7 Å². The van der Waals surface area contributed by atoms with Crippen LogP contribution in [0.5, 0.6) is 0 Å². The molecule has 0 bridgehead atoms. The Balaban J connectivity index is 2.04. The molecule has 2 rings (SSSR count). The van der Waals surface area contributed by atoms with Gasteiger partial charge in [-0.2, -0.15) is 0 Å². The van der Waals surface area contributed by atoms with Crippen molar-refractivity contribution in [3.63, 3.8) is 0 Å². The Hall–Kier alpha value is -1.06. The fourth-order valence-electron chi connectivity index (χ4n) is 2.88. The Labute approximate surface area is 123 Å². The molecule has 0 aliphatic carbocycles. The lowest BCUT2D eigenvalue weighted by molar-refractivity contribution is 0.115. The van der Waals surface area contributed by atoms with Crippen molar-refractivity contribution in [1.29, 1.82) is 0 Å². The second-order valence-corrected chi connectivity index (χ2v) is 5.57. The molecule has 1 fully saturated rings. The summed E-state index contributed by atoms with van der Waals surface area (Å²) in [6, 6.07) is 6.81. The van der Waals surface area contributed by atoms with E-state index in [4.69, 9.17) is 4.74 Å². The molecule has 1 aromatic rings. The first kappa shape index (κ1) is 15.3. The van der Waals surface area contributed by atoms with E-state index in [2.05, 4.69) is 49.2 Å². The first-order chi connectivity index (χ1) is 9.74. The van der Waals surface area contributed by atoms with Crippen LogP contribution < -0.4 is 10.2 Å². The van der Waals surface area contributed by atoms with Crippen molar-refractivity contribution in [3.8, 4) is 0 Å². The van der Waals surface area contributed by atoms with Gasteiger partial charge in [0, 0.05) is 31.9 Å². The lowest BCUT2D eigenvalue weighted by atomic mass is 10.1. The Bertz CT molecular complexity index is 413. The van der Waals surface area contributed by atoms with Crippen LogP contribution in [-0.2, 0) is 11.3 Å². The van der Waals surface area contributed by atoms with E-state index in [0.29, 0.717) is 6.10 Å². The van der Waals surface area contributed by atoms with Crippen molar-refractivity contribution in [3.05, 3.63) is 29.3 Å². The molecule has 0 aromatic heterocycles. The largest absolute Gasteiger partial charge is 0.376 e. The quantitative estimate of drug-likeness (QED) is 0.828. The molecule has 20 heavy (non-hydrogen) atoms. The zero-order chi connectivity index (χ0) is 14.4. The number of benzene rings is 1. The van der Waals surface area contributed by atoms with Crippen molar-refractivity contribution >= 4 is 5.69 Å². The molecule has 0 radical (unpaired) electrons. The zero-order valence-electron chi connectivity index (χ0n) is 13.1. The molecule has 1 N–H and O–H groups in total. The number of rotatable bonds is 7. The maximum Gasteiger partial charge on any atom is 0.0750 e. The molecule has 1 heterocycles. The first-order valence-electron chi connectivity index (χ1n) is 7.91. The number of anilines is 1. The smallest absolute Gasteiger partial charge is 0.0750 e. The maximum atomic E-state index is 5.77. The summed E-state index contributed by atoms with van der Waals surface area (Å²) in [4.78, 5) is 2.45. The van der Waals surface area contributed by atoms with E-state index in [1.54, 1.807) is 0 Å². The number of aryl methyl sites for hydroxylation is 1. The molecule has 1 unspecified atom stereocenters. The molecule has 1 saturated heterocycles. The summed E-state index contributed by atoms with van der Waals surface area (Å²) in [7, 11) is 0.